The minimum absolute atomic E-state index is 0.104. The molecule has 0 aliphatic carbocycles. The van der Waals surface area contributed by atoms with Crippen molar-refractivity contribution in [2.45, 2.75) is 85.0 Å². The molecule has 2 unspecified atom stereocenters. The summed E-state index contributed by atoms with van der Waals surface area (Å²) in [6.45, 7) is 6.64. The Labute approximate surface area is 113 Å². The molecule has 0 radical (unpaired) electrons. The van der Waals surface area contributed by atoms with Crippen molar-refractivity contribution in [3.8, 4) is 0 Å². The van der Waals surface area contributed by atoms with Crippen LogP contribution in [-0.2, 0) is 4.79 Å². The summed E-state index contributed by atoms with van der Waals surface area (Å²) in [5, 5.41) is 9.05. The maximum Gasteiger partial charge on any atom is 0.306 e. The van der Waals surface area contributed by atoms with Gasteiger partial charge >= 0.3 is 5.97 Å². The van der Waals surface area contributed by atoms with Crippen molar-refractivity contribution in [3.05, 3.63) is 0 Å². The summed E-state index contributed by atoms with van der Waals surface area (Å²) in [4.78, 5) is 11.0. The molecule has 0 heterocycles. The van der Waals surface area contributed by atoms with Crippen LogP contribution in [-0.4, -0.2) is 11.1 Å². The molecule has 0 spiro atoms. The highest BCUT2D eigenvalue weighted by atomic mass is 16.4. The van der Waals surface area contributed by atoms with Gasteiger partial charge in [-0.3, -0.25) is 4.79 Å². The highest BCUT2D eigenvalue weighted by Gasteiger charge is 2.15. The van der Waals surface area contributed by atoms with E-state index in [2.05, 4.69) is 20.8 Å². The van der Waals surface area contributed by atoms with Crippen LogP contribution < -0.4 is 0 Å². The zero-order valence-electron chi connectivity index (χ0n) is 12.6. The molecule has 0 fully saturated rings. The molecule has 0 aliphatic rings. The Hall–Kier alpha value is -0.530. The second kappa shape index (κ2) is 11.6. The maximum atomic E-state index is 11.0. The van der Waals surface area contributed by atoms with Crippen LogP contribution in [0.1, 0.15) is 85.0 Å². The summed E-state index contributed by atoms with van der Waals surface area (Å²) < 4.78 is 0. The van der Waals surface area contributed by atoms with Gasteiger partial charge in [0.15, 0.2) is 0 Å². The van der Waals surface area contributed by atoms with Gasteiger partial charge in [-0.15, -0.1) is 0 Å². The SMILES string of the molecule is CCCCC(C)CCCCCC(CCC)C(=O)O. The Balaban J connectivity index is 3.50. The fourth-order valence-electron chi connectivity index (χ4n) is 2.50. The van der Waals surface area contributed by atoms with E-state index in [4.69, 9.17) is 5.11 Å². The first kappa shape index (κ1) is 17.5. The second-order valence-corrected chi connectivity index (χ2v) is 5.71. The molecule has 2 nitrogen and oxygen atoms in total. The van der Waals surface area contributed by atoms with E-state index in [0.29, 0.717) is 0 Å². The zero-order chi connectivity index (χ0) is 13.8. The van der Waals surface area contributed by atoms with Crippen LogP contribution in [0.2, 0.25) is 0 Å². The average molecular weight is 256 g/mol. The number of carbonyl (C=O) groups is 1. The Bertz CT molecular complexity index is 201. The third-order valence-corrected chi connectivity index (χ3v) is 3.79. The quantitative estimate of drug-likeness (QED) is 0.483. The standard InChI is InChI=1S/C16H32O2/c1-4-6-11-14(3)12-8-7-9-13-15(10-5-2)16(17)18/h14-15H,4-13H2,1-3H3,(H,17,18). The summed E-state index contributed by atoms with van der Waals surface area (Å²) in [6.07, 6.45) is 11.5. The molecule has 0 aromatic carbocycles. The first-order chi connectivity index (χ1) is 8.61. The van der Waals surface area contributed by atoms with E-state index < -0.39 is 5.97 Å². The largest absolute Gasteiger partial charge is 0.481 e. The summed E-state index contributed by atoms with van der Waals surface area (Å²) in [5.41, 5.74) is 0. The van der Waals surface area contributed by atoms with Gasteiger partial charge in [0.1, 0.15) is 0 Å². The van der Waals surface area contributed by atoms with E-state index in [1.807, 2.05) is 0 Å². The average Bonchev–Trinajstić information content (AvgIpc) is 2.34. The van der Waals surface area contributed by atoms with Crippen molar-refractivity contribution in [2.24, 2.45) is 11.8 Å². The first-order valence-corrected chi connectivity index (χ1v) is 7.84. The molecule has 0 bridgehead atoms. The van der Waals surface area contributed by atoms with E-state index in [0.717, 1.165) is 31.6 Å². The normalized spacial score (nSPS) is 14.4. The van der Waals surface area contributed by atoms with Crippen LogP contribution in [0, 0.1) is 11.8 Å². The van der Waals surface area contributed by atoms with E-state index in [1.165, 1.54) is 38.5 Å². The minimum atomic E-state index is -0.604. The van der Waals surface area contributed by atoms with Gasteiger partial charge in [-0.05, 0) is 18.8 Å². The topological polar surface area (TPSA) is 37.3 Å². The van der Waals surface area contributed by atoms with Crippen molar-refractivity contribution in [1.29, 1.82) is 0 Å². The van der Waals surface area contributed by atoms with Crippen LogP contribution in [0.5, 0.6) is 0 Å². The minimum Gasteiger partial charge on any atom is -0.481 e. The van der Waals surface area contributed by atoms with Crippen LogP contribution >= 0.6 is 0 Å². The van der Waals surface area contributed by atoms with Gasteiger partial charge in [-0.25, -0.2) is 0 Å². The number of hydrogen-bond donors (Lipinski definition) is 1. The van der Waals surface area contributed by atoms with E-state index in [9.17, 15) is 4.79 Å². The number of carboxylic acids is 1. The maximum absolute atomic E-state index is 11.0. The van der Waals surface area contributed by atoms with E-state index in [1.54, 1.807) is 0 Å². The summed E-state index contributed by atoms with van der Waals surface area (Å²) >= 11 is 0. The zero-order valence-corrected chi connectivity index (χ0v) is 12.6. The molecule has 0 aliphatic heterocycles. The lowest BCUT2D eigenvalue weighted by molar-refractivity contribution is -0.142. The van der Waals surface area contributed by atoms with Crippen molar-refractivity contribution in [2.75, 3.05) is 0 Å². The molecule has 1 N–H and O–H groups in total. The predicted molar refractivity (Wildman–Crippen MR) is 77.8 cm³/mol. The van der Waals surface area contributed by atoms with Crippen molar-refractivity contribution < 1.29 is 9.90 Å². The molecule has 0 saturated carbocycles. The van der Waals surface area contributed by atoms with Crippen molar-refractivity contribution in [3.63, 3.8) is 0 Å². The molecule has 0 rings (SSSR count). The second-order valence-electron chi connectivity index (χ2n) is 5.71. The van der Waals surface area contributed by atoms with Gasteiger partial charge in [0.25, 0.3) is 0 Å². The van der Waals surface area contributed by atoms with Crippen molar-refractivity contribution in [1.82, 2.24) is 0 Å². The van der Waals surface area contributed by atoms with Crippen LogP contribution in [0.15, 0.2) is 0 Å². The Morgan fingerprint density at radius 2 is 1.50 bits per heavy atom. The molecular weight excluding hydrogens is 224 g/mol. The lowest BCUT2D eigenvalue weighted by Gasteiger charge is -2.12. The Kier molecular flexibility index (Phi) is 11.2. The number of unbranched alkanes of at least 4 members (excludes halogenated alkanes) is 3. The molecule has 0 aromatic rings. The van der Waals surface area contributed by atoms with E-state index in [-0.39, 0.29) is 5.92 Å². The molecule has 108 valence electrons. The van der Waals surface area contributed by atoms with Crippen molar-refractivity contribution >= 4 is 5.97 Å². The monoisotopic (exact) mass is 256 g/mol. The summed E-state index contributed by atoms with van der Waals surface area (Å²) in [6, 6.07) is 0. The first-order valence-electron chi connectivity index (χ1n) is 7.84. The molecule has 2 heteroatoms. The number of carboxylic acid groups (broad SMARTS) is 1. The van der Waals surface area contributed by atoms with Gasteiger partial charge < -0.3 is 5.11 Å². The fraction of sp³-hybridized carbons (Fsp3) is 0.938. The van der Waals surface area contributed by atoms with Gasteiger partial charge in [0, 0.05) is 0 Å². The molecule has 2 atom stereocenters. The number of aliphatic carboxylic acids is 1. The third kappa shape index (κ3) is 9.49. The number of hydrogen-bond acceptors (Lipinski definition) is 1. The third-order valence-electron chi connectivity index (χ3n) is 3.79. The highest BCUT2D eigenvalue weighted by Crippen LogP contribution is 2.19. The summed E-state index contributed by atoms with van der Waals surface area (Å²) in [5.74, 6) is 0.136. The van der Waals surface area contributed by atoms with Gasteiger partial charge in [-0.1, -0.05) is 72.1 Å². The summed E-state index contributed by atoms with van der Waals surface area (Å²) in [7, 11) is 0. The molecule has 18 heavy (non-hydrogen) atoms. The Morgan fingerprint density at radius 3 is 2.06 bits per heavy atom. The predicted octanol–water partition coefficient (Wildman–Crippen LogP) is 5.26. The van der Waals surface area contributed by atoms with Gasteiger partial charge in [-0.2, -0.15) is 0 Å². The smallest absolute Gasteiger partial charge is 0.306 e. The van der Waals surface area contributed by atoms with Crippen LogP contribution in [0.3, 0.4) is 0 Å². The molecular formula is C16H32O2. The highest BCUT2D eigenvalue weighted by molar-refractivity contribution is 5.69. The molecule has 0 aromatic heterocycles. The lowest BCUT2D eigenvalue weighted by Crippen LogP contribution is -2.13. The molecule has 0 amide bonds. The fourth-order valence-corrected chi connectivity index (χ4v) is 2.50. The molecule has 0 saturated heterocycles. The van der Waals surface area contributed by atoms with E-state index >= 15 is 0 Å². The van der Waals surface area contributed by atoms with Gasteiger partial charge in [0.05, 0.1) is 5.92 Å². The Morgan fingerprint density at radius 1 is 0.889 bits per heavy atom. The van der Waals surface area contributed by atoms with Crippen LogP contribution in [0.4, 0.5) is 0 Å². The number of rotatable bonds is 12. The lowest BCUT2D eigenvalue weighted by atomic mass is 9.94. The van der Waals surface area contributed by atoms with Gasteiger partial charge in [0.2, 0.25) is 0 Å². The van der Waals surface area contributed by atoms with Crippen LogP contribution in [0.25, 0.3) is 0 Å².